The predicted octanol–water partition coefficient (Wildman–Crippen LogP) is 2.28. The minimum Gasteiger partial charge on any atom is -0.493 e. The molecule has 0 aromatic heterocycles. The van der Waals surface area contributed by atoms with Gasteiger partial charge in [-0.2, -0.15) is 5.10 Å². The van der Waals surface area contributed by atoms with Crippen molar-refractivity contribution in [3.05, 3.63) is 58.1 Å². The van der Waals surface area contributed by atoms with Crippen molar-refractivity contribution in [1.82, 2.24) is 10.7 Å². The second-order valence-electron chi connectivity index (χ2n) is 6.18. The Labute approximate surface area is 187 Å². The second kappa shape index (κ2) is 11.7. The summed E-state index contributed by atoms with van der Waals surface area (Å²) in [5.41, 5.74) is 3.41. The number of amides is 2. The van der Waals surface area contributed by atoms with Crippen LogP contribution in [0.2, 0.25) is 0 Å². The van der Waals surface area contributed by atoms with Gasteiger partial charge in [-0.25, -0.2) is 10.2 Å². The van der Waals surface area contributed by atoms with E-state index in [1.165, 1.54) is 20.4 Å². The summed E-state index contributed by atoms with van der Waals surface area (Å²) in [5.74, 6) is -0.644. The zero-order valence-electron chi connectivity index (χ0n) is 17.2. The van der Waals surface area contributed by atoms with Gasteiger partial charge in [0.1, 0.15) is 6.04 Å². The lowest BCUT2D eigenvalue weighted by molar-refractivity contribution is -0.142. The summed E-state index contributed by atoms with van der Waals surface area (Å²) in [5, 5.41) is 6.51. The van der Waals surface area contributed by atoms with E-state index < -0.39 is 17.9 Å². The number of nitrogens with one attached hydrogen (secondary N) is 2. The summed E-state index contributed by atoms with van der Waals surface area (Å²) in [6, 6.07) is 11.0. The molecule has 1 unspecified atom stereocenters. The smallest absolute Gasteiger partial charge is 0.343 e. The molecular formula is C21H22BrN3O6. The van der Waals surface area contributed by atoms with Gasteiger partial charge in [0.2, 0.25) is 0 Å². The summed E-state index contributed by atoms with van der Waals surface area (Å²) >= 11 is 3.30. The van der Waals surface area contributed by atoms with Crippen LogP contribution < -0.4 is 20.2 Å². The molecule has 2 aromatic rings. The number of hydrogen-bond acceptors (Lipinski definition) is 7. The highest BCUT2D eigenvalue weighted by atomic mass is 79.9. The summed E-state index contributed by atoms with van der Waals surface area (Å²) in [6.07, 6.45) is 1.41. The molecule has 0 saturated carbocycles. The molecule has 0 aliphatic carbocycles. The van der Waals surface area contributed by atoms with Crippen LogP contribution in [0.4, 0.5) is 0 Å². The maximum atomic E-state index is 12.3. The third-order valence-corrected chi connectivity index (χ3v) is 4.70. The number of esters is 1. The van der Waals surface area contributed by atoms with Gasteiger partial charge < -0.3 is 19.5 Å². The van der Waals surface area contributed by atoms with E-state index in [9.17, 15) is 14.4 Å². The van der Waals surface area contributed by atoms with Crippen LogP contribution >= 0.6 is 15.9 Å². The number of halogens is 1. The fourth-order valence-corrected chi connectivity index (χ4v) is 2.80. The molecule has 0 aliphatic heterocycles. The quantitative estimate of drug-likeness (QED) is 0.315. The van der Waals surface area contributed by atoms with Crippen molar-refractivity contribution in [2.24, 2.45) is 5.10 Å². The lowest BCUT2D eigenvalue weighted by Gasteiger charge is -2.13. The fourth-order valence-electron chi connectivity index (χ4n) is 2.33. The molecule has 9 nitrogen and oxygen atoms in total. The van der Waals surface area contributed by atoms with Crippen molar-refractivity contribution < 1.29 is 28.6 Å². The third-order valence-electron chi connectivity index (χ3n) is 4.01. The van der Waals surface area contributed by atoms with Gasteiger partial charge in [0.05, 0.1) is 26.0 Å². The number of hydrazone groups is 1. The Balaban J connectivity index is 1.93. The van der Waals surface area contributed by atoms with Crippen molar-refractivity contribution >= 4 is 39.9 Å². The number of methoxy groups -OCH3 is 2. The maximum absolute atomic E-state index is 12.3. The van der Waals surface area contributed by atoms with Crippen LogP contribution in [0.5, 0.6) is 11.5 Å². The van der Waals surface area contributed by atoms with Crippen molar-refractivity contribution in [3.8, 4) is 11.5 Å². The Morgan fingerprint density at radius 3 is 2.55 bits per heavy atom. The first kappa shape index (κ1) is 23.9. The van der Waals surface area contributed by atoms with E-state index in [0.29, 0.717) is 27.1 Å². The molecule has 2 aromatic carbocycles. The van der Waals surface area contributed by atoms with E-state index >= 15 is 0 Å². The number of rotatable bonds is 9. The summed E-state index contributed by atoms with van der Waals surface area (Å²) in [4.78, 5) is 35.7. The monoisotopic (exact) mass is 491 g/mol. The van der Waals surface area contributed by atoms with Crippen LogP contribution in [0, 0.1) is 0 Å². The molecule has 0 heterocycles. The Morgan fingerprint density at radius 1 is 1.13 bits per heavy atom. The lowest BCUT2D eigenvalue weighted by atomic mass is 10.2. The predicted molar refractivity (Wildman–Crippen MR) is 117 cm³/mol. The molecule has 164 valence electrons. The van der Waals surface area contributed by atoms with Gasteiger partial charge in [-0.15, -0.1) is 0 Å². The average molecular weight is 492 g/mol. The van der Waals surface area contributed by atoms with Crippen LogP contribution in [0.25, 0.3) is 0 Å². The van der Waals surface area contributed by atoms with Crippen molar-refractivity contribution in [2.45, 2.75) is 13.0 Å². The molecule has 0 fully saturated rings. The summed E-state index contributed by atoms with van der Waals surface area (Å²) in [7, 11) is 2.72. The first-order valence-electron chi connectivity index (χ1n) is 9.11. The number of carbonyl (C=O) groups excluding carboxylic acids is 3. The molecule has 2 N–H and O–H groups in total. The summed E-state index contributed by atoms with van der Waals surface area (Å²) < 4.78 is 15.7. The first-order chi connectivity index (χ1) is 14.8. The van der Waals surface area contributed by atoms with Gasteiger partial charge in [0.15, 0.2) is 18.1 Å². The van der Waals surface area contributed by atoms with E-state index in [1.54, 1.807) is 49.4 Å². The van der Waals surface area contributed by atoms with Crippen molar-refractivity contribution in [3.63, 3.8) is 0 Å². The zero-order chi connectivity index (χ0) is 22.8. The van der Waals surface area contributed by atoms with Gasteiger partial charge >= 0.3 is 5.97 Å². The van der Waals surface area contributed by atoms with Crippen LogP contribution in [-0.4, -0.2) is 50.9 Å². The number of carbonyl (C=O) groups is 3. The molecule has 0 bridgehead atoms. The standard InChI is InChI=1S/C21H22BrN3O6/c1-13(24-21(28)15-6-4-5-7-16(15)22)20(27)25-23-11-14-8-9-17(18(10-14)29-2)31-12-19(26)30-3/h4-11,13H,12H2,1-3H3,(H,24,28)(H,25,27). The van der Waals surface area contributed by atoms with Crippen molar-refractivity contribution in [1.29, 1.82) is 0 Å². The van der Waals surface area contributed by atoms with E-state index in [1.807, 2.05) is 0 Å². The number of nitrogens with zero attached hydrogens (tertiary/aromatic N) is 1. The van der Waals surface area contributed by atoms with Gasteiger partial charge in [-0.1, -0.05) is 12.1 Å². The fraction of sp³-hybridized carbons (Fsp3) is 0.238. The molecule has 31 heavy (non-hydrogen) atoms. The Kier molecular flexibility index (Phi) is 9.01. The van der Waals surface area contributed by atoms with Crippen LogP contribution in [0.1, 0.15) is 22.8 Å². The van der Waals surface area contributed by atoms with E-state index in [4.69, 9.17) is 9.47 Å². The van der Waals surface area contributed by atoms with Gasteiger partial charge in [-0.3, -0.25) is 9.59 Å². The normalized spacial score (nSPS) is 11.5. The van der Waals surface area contributed by atoms with Crippen LogP contribution in [-0.2, 0) is 14.3 Å². The minimum absolute atomic E-state index is 0.250. The molecule has 0 saturated heterocycles. The second-order valence-corrected chi connectivity index (χ2v) is 7.04. The molecule has 0 spiro atoms. The zero-order valence-corrected chi connectivity index (χ0v) is 18.8. The number of benzene rings is 2. The highest BCUT2D eigenvalue weighted by Crippen LogP contribution is 2.27. The van der Waals surface area contributed by atoms with E-state index in [-0.39, 0.29) is 12.5 Å². The molecule has 2 rings (SSSR count). The topological polar surface area (TPSA) is 115 Å². The molecule has 0 aliphatic rings. The highest BCUT2D eigenvalue weighted by Gasteiger charge is 2.17. The van der Waals surface area contributed by atoms with E-state index in [0.717, 1.165) is 0 Å². The molecule has 1 atom stereocenters. The molecular weight excluding hydrogens is 470 g/mol. The third kappa shape index (κ3) is 7.10. The Hall–Kier alpha value is -3.40. The Bertz CT molecular complexity index is 979. The minimum atomic E-state index is -0.805. The van der Waals surface area contributed by atoms with Crippen LogP contribution in [0.15, 0.2) is 52.0 Å². The molecule has 10 heteroatoms. The number of hydrogen-bond donors (Lipinski definition) is 2. The average Bonchev–Trinajstić information content (AvgIpc) is 2.77. The van der Waals surface area contributed by atoms with Crippen LogP contribution in [0.3, 0.4) is 0 Å². The Morgan fingerprint density at radius 2 is 1.87 bits per heavy atom. The SMILES string of the molecule is COC(=O)COc1ccc(C=NNC(=O)C(C)NC(=O)c2ccccc2Br)cc1OC. The van der Waals surface area contributed by atoms with E-state index in [2.05, 4.69) is 36.5 Å². The lowest BCUT2D eigenvalue weighted by Crippen LogP contribution is -2.43. The first-order valence-corrected chi connectivity index (χ1v) is 9.91. The van der Waals surface area contributed by atoms with Gasteiger partial charge in [0.25, 0.3) is 11.8 Å². The summed E-state index contributed by atoms with van der Waals surface area (Å²) in [6.45, 7) is 1.30. The molecule has 2 amide bonds. The molecule has 0 radical (unpaired) electrons. The van der Waals surface area contributed by atoms with Gasteiger partial charge in [-0.05, 0) is 58.7 Å². The largest absolute Gasteiger partial charge is 0.493 e. The maximum Gasteiger partial charge on any atom is 0.343 e. The van der Waals surface area contributed by atoms with Gasteiger partial charge in [0, 0.05) is 4.47 Å². The van der Waals surface area contributed by atoms with Crippen molar-refractivity contribution in [2.75, 3.05) is 20.8 Å². The highest BCUT2D eigenvalue weighted by molar-refractivity contribution is 9.10. The number of ether oxygens (including phenoxy) is 3.